The fourth-order valence-corrected chi connectivity index (χ4v) is 3.90. The Morgan fingerprint density at radius 2 is 2.04 bits per heavy atom. The van der Waals surface area contributed by atoms with Crippen molar-refractivity contribution in [2.75, 3.05) is 44.2 Å². The van der Waals surface area contributed by atoms with E-state index < -0.39 is 0 Å². The van der Waals surface area contributed by atoms with Crippen LogP contribution in [0.3, 0.4) is 0 Å². The van der Waals surface area contributed by atoms with Gasteiger partial charge in [0.1, 0.15) is 5.82 Å². The molecule has 0 bridgehead atoms. The smallest absolute Gasteiger partial charge is 0.157 e. The molecule has 2 aliphatic heterocycles. The van der Waals surface area contributed by atoms with Crippen molar-refractivity contribution < 1.29 is 4.74 Å². The van der Waals surface area contributed by atoms with E-state index in [2.05, 4.69) is 34.8 Å². The van der Waals surface area contributed by atoms with Crippen molar-refractivity contribution in [3.8, 4) is 0 Å². The van der Waals surface area contributed by atoms with Crippen LogP contribution in [0, 0.1) is 0 Å². The summed E-state index contributed by atoms with van der Waals surface area (Å²) in [5, 5.41) is 4.51. The van der Waals surface area contributed by atoms with Crippen LogP contribution in [0.1, 0.15) is 44.7 Å². The molecule has 4 heterocycles. The molecule has 0 spiro atoms. The molecule has 2 saturated heterocycles. The molecular formula is C19H29N5O. The average Bonchev–Trinajstić information content (AvgIpc) is 3.22. The van der Waals surface area contributed by atoms with E-state index in [4.69, 9.17) is 9.72 Å². The van der Waals surface area contributed by atoms with E-state index in [1.807, 2.05) is 16.8 Å². The van der Waals surface area contributed by atoms with Crippen molar-refractivity contribution in [1.29, 1.82) is 0 Å². The highest BCUT2D eigenvalue weighted by atomic mass is 16.5. The molecule has 6 nitrogen and oxygen atoms in total. The zero-order valence-electron chi connectivity index (χ0n) is 15.4. The van der Waals surface area contributed by atoms with Crippen LogP contribution in [0.4, 0.5) is 5.82 Å². The predicted molar refractivity (Wildman–Crippen MR) is 99.3 cm³/mol. The molecular weight excluding hydrogens is 314 g/mol. The highest BCUT2D eigenvalue weighted by molar-refractivity contribution is 5.51. The van der Waals surface area contributed by atoms with E-state index in [9.17, 15) is 0 Å². The van der Waals surface area contributed by atoms with Crippen LogP contribution in [0.2, 0.25) is 0 Å². The van der Waals surface area contributed by atoms with Gasteiger partial charge in [-0.05, 0) is 38.3 Å². The van der Waals surface area contributed by atoms with Crippen LogP contribution < -0.4 is 4.90 Å². The third kappa shape index (κ3) is 3.65. The number of hydrogen-bond acceptors (Lipinski definition) is 5. The first-order valence-electron chi connectivity index (χ1n) is 9.64. The summed E-state index contributed by atoms with van der Waals surface area (Å²) in [6.45, 7) is 10.6. The van der Waals surface area contributed by atoms with Crippen LogP contribution in [0.15, 0.2) is 18.3 Å². The topological polar surface area (TPSA) is 45.9 Å². The van der Waals surface area contributed by atoms with Gasteiger partial charge in [0.05, 0.1) is 12.3 Å². The molecule has 2 fully saturated rings. The Kier molecular flexibility index (Phi) is 4.90. The lowest BCUT2D eigenvalue weighted by Crippen LogP contribution is -2.40. The molecule has 0 N–H and O–H groups in total. The number of likely N-dealkylation sites (tertiary alicyclic amines) is 1. The average molecular weight is 343 g/mol. The molecule has 6 heteroatoms. The SMILES string of the molecule is CC(C)c1cc(N2CCCOC(CN3CCCC3)C2)n2nccc2n1. The minimum absolute atomic E-state index is 0.266. The largest absolute Gasteiger partial charge is 0.375 e. The maximum Gasteiger partial charge on any atom is 0.157 e. The summed E-state index contributed by atoms with van der Waals surface area (Å²) in [5.74, 6) is 1.55. The summed E-state index contributed by atoms with van der Waals surface area (Å²) in [4.78, 5) is 9.74. The zero-order chi connectivity index (χ0) is 17.2. The lowest BCUT2D eigenvalue weighted by Gasteiger charge is -2.28. The molecule has 1 atom stereocenters. The summed E-state index contributed by atoms with van der Waals surface area (Å²) in [5.41, 5.74) is 2.06. The summed E-state index contributed by atoms with van der Waals surface area (Å²) >= 11 is 0. The maximum atomic E-state index is 6.16. The molecule has 0 radical (unpaired) electrons. The van der Waals surface area contributed by atoms with Gasteiger partial charge in [-0.1, -0.05) is 13.8 Å². The molecule has 0 saturated carbocycles. The molecule has 136 valence electrons. The van der Waals surface area contributed by atoms with Crippen LogP contribution in [-0.2, 0) is 4.74 Å². The number of hydrogen-bond donors (Lipinski definition) is 0. The van der Waals surface area contributed by atoms with Crippen molar-refractivity contribution >= 4 is 11.5 Å². The summed E-state index contributed by atoms with van der Waals surface area (Å²) < 4.78 is 8.14. The third-order valence-electron chi connectivity index (χ3n) is 5.29. The van der Waals surface area contributed by atoms with Gasteiger partial charge in [-0.15, -0.1) is 0 Å². The van der Waals surface area contributed by atoms with Gasteiger partial charge >= 0.3 is 0 Å². The number of nitrogens with zero attached hydrogens (tertiary/aromatic N) is 5. The first kappa shape index (κ1) is 16.8. The fraction of sp³-hybridized carbons (Fsp3) is 0.684. The number of ether oxygens (including phenoxy) is 1. The summed E-state index contributed by atoms with van der Waals surface area (Å²) in [7, 11) is 0. The van der Waals surface area contributed by atoms with E-state index in [0.717, 1.165) is 49.8 Å². The minimum atomic E-state index is 0.266. The predicted octanol–water partition coefficient (Wildman–Crippen LogP) is 2.54. The molecule has 2 aromatic heterocycles. The quantitative estimate of drug-likeness (QED) is 0.854. The van der Waals surface area contributed by atoms with Crippen LogP contribution >= 0.6 is 0 Å². The Balaban J connectivity index is 1.60. The standard InChI is InChI=1S/C19H29N5O/c1-15(2)17-12-19(24-18(21-17)6-7-20-24)23-10-5-11-25-16(14-23)13-22-8-3-4-9-22/h6-7,12,15-16H,3-5,8-11,13-14H2,1-2H3. The summed E-state index contributed by atoms with van der Waals surface area (Å²) in [6, 6.07) is 4.20. The van der Waals surface area contributed by atoms with Gasteiger partial charge in [-0.25, -0.2) is 4.98 Å². The third-order valence-corrected chi connectivity index (χ3v) is 5.29. The van der Waals surface area contributed by atoms with Crippen molar-refractivity contribution in [1.82, 2.24) is 19.5 Å². The highest BCUT2D eigenvalue weighted by Crippen LogP contribution is 2.24. The monoisotopic (exact) mass is 343 g/mol. The second-order valence-corrected chi connectivity index (χ2v) is 7.60. The van der Waals surface area contributed by atoms with E-state index >= 15 is 0 Å². The number of anilines is 1. The number of aromatic nitrogens is 3. The van der Waals surface area contributed by atoms with Gasteiger partial charge in [0.25, 0.3) is 0 Å². The maximum absolute atomic E-state index is 6.16. The Labute approximate surface area is 149 Å². The van der Waals surface area contributed by atoms with Crippen molar-refractivity contribution in [2.45, 2.75) is 45.1 Å². The lowest BCUT2D eigenvalue weighted by atomic mass is 10.1. The second kappa shape index (κ2) is 7.30. The summed E-state index contributed by atoms with van der Waals surface area (Å²) in [6.07, 6.45) is 5.81. The normalized spacial score (nSPS) is 22.8. The van der Waals surface area contributed by atoms with Crippen LogP contribution in [0.25, 0.3) is 5.65 Å². The Morgan fingerprint density at radius 1 is 1.20 bits per heavy atom. The molecule has 2 aliphatic rings. The fourth-order valence-electron chi connectivity index (χ4n) is 3.90. The minimum Gasteiger partial charge on any atom is -0.375 e. The van der Waals surface area contributed by atoms with E-state index in [-0.39, 0.29) is 6.10 Å². The Bertz CT molecular complexity index is 707. The lowest BCUT2D eigenvalue weighted by molar-refractivity contribution is 0.0450. The highest BCUT2D eigenvalue weighted by Gasteiger charge is 2.25. The van der Waals surface area contributed by atoms with E-state index in [1.165, 1.54) is 25.9 Å². The molecule has 0 aliphatic carbocycles. The Morgan fingerprint density at radius 3 is 2.84 bits per heavy atom. The van der Waals surface area contributed by atoms with Crippen molar-refractivity contribution in [3.05, 3.63) is 24.0 Å². The molecule has 1 unspecified atom stereocenters. The van der Waals surface area contributed by atoms with Gasteiger partial charge in [0, 0.05) is 44.1 Å². The number of fused-ring (bicyclic) bond motifs is 1. The van der Waals surface area contributed by atoms with Crippen LogP contribution in [0.5, 0.6) is 0 Å². The van der Waals surface area contributed by atoms with Crippen LogP contribution in [-0.4, -0.2) is 64.9 Å². The van der Waals surface area contributed by atoms with Gasteiger partial charge in [0.2, 0.25) is 0 Å². The Hall–Kier alpha value is -1.66. The van der Waals surface area contributed by atoms with Crippen molar-refractivity contribution in [3.63, 3.8) is 0 Å². The molecule has 25 heavy (non-hydrogen) atoms. The van der Waals surface area contributed by atoms with Gasteiger partial charge in [-0.3, -0.25) is 0 Å². The second-order valence-electron chi connectivity index (χ2n) is 7.60. The molecule has 0 amide bonds. The zero-order valence-corrected chi connectivity index (χ0v) is 15.4. The molecule has 4 rings (SSSR count). The molecule has 0 aromatic carbocycles. The van der Waals surface area contributed by atoms with Gasteiger partial charge in [-0.2, -0.15) is 9.61 Å². The van der Waals surface area contributed by atoms with Gasteiger partial charge in [0.15, 0.2) is 5.65 Å². The van der Waals surface area contributed by atoms with Gasteiger partial charge < -0.3 is 14.5 Å². The number of rotatable bonds is 4. The first-order valence-corrected chi connectivity index (χ1v) is 9.64. The van der Waals surface area contributed by atoms with E-state index in [0.29, 0.717) is 5.92 Å². The first-order chi connectivity index (χ1) is 12.2. The van der Waals surface area contributed by atoms with E-state index in [1.54, 1.807) is 0 Å². The van der Waals surface area contributed by atoms with Crippen molar-refractivity contribution in [2.24, 2.45) is 0 Å². The molecule has 2 aromatic rings.